The number of aromatic amines is 1. The van der Waals surface area contributed by atoms with Crippen molar-refractivity contribution < 1.29 is 9.59 Å². The average Bonchev–Trinajstić information content (AvgIpc) is 3.19. The number of hydrogen-bond acceptors (Lipinski definition) is 3. The topological polar surface area (TPSA) is 77.6 Å². The zero-order valence-electron chi connectivity index (χ0n) is 17.6. The number of benzene rings is 3. The van der Waals surface area contributed by atoms with E-state index in [-0.39, 0.29) is 18.2 Å². The highest BCUT2D eigenvalue weighted by molar-refractivity contribution is 6.20. The van der Waals surface area contributed by atoms with E-state index in [2.05, 4.69) is 10.3 Å². The first-order valence-corrected chi connectivity index (χ1v) is 10.5. The summed E-state index contributed by atoms with van der Waals surface area (Å²) in [5.74, 6) is -0.557. The van der Waals surface area contributed by atoms with Crippen LogP contribution < -0.4 is 10.2 Å². The van der Waals surface area contributed by atoms with E-state index in [0.717, 1.165) is 33.4 Å². The van der Waals surface area contributed by atoms with E-state index in [9.17, 15) is 9.59 Å². The number of fused-ring (bicyclic) bond motifs is 2. The van der Waals surface area contributed by atoms with Gasteiger partial charge < -0.3 is 15.2 Å². The molecule has 32 heavy (non-hydrogen) atoms. The molecule has 1 aliphatic heterocycles. The van der Waals surface area contributed by atoms with Crippen molar-refractivity contribution in [2.75, 3.05) is 11.9 Å². The maximum atomic E-state index is 13.2. The van der Waals surface area contributed by atoms with Crippen LogP contribution in [-0.4, -0.2) is 35.7 Å². The van der Waals surface area contributed by atoms with E-state index in [1.54, 1.807) is 11.9 Å². The molecular formula is C26H22N4O2. The fourth-order valence-corrected chi connectivity index (χ4v) is 4.05. The Balaban J connectivity index is 1.47. The van der Waals surface area contributed by atoms with Crippen molar-refractivity contribution in [3.63, 3.8) is 0 Å². The number of likely N-dealkylation sites (N-methyl/N-ethyl adjacent to an activating group) is 1. The number of hydrogen-bond donors (Lipinski definition) is 2. The Morgan fingerprint density at radius 3 is 2.53 bits per heavy atom. The number of rotatable bonds is 4. The Bertz CT molecular complexity index is 1310. The van der Waals surface area contributed by atoms with Gasteiger partial charge in [0.25, 0.3) is 5.91 Å². The molecule has 2 amide bonds. The second-order valence-electron chi connectivity index (χ2n) is 7.79. The highest BCUT2D eigenvalue weighted by Crippen LogP contribution is 2.27. The van der Waals surface area contributed by atoms with E-state index in [1.165, 1.54) is 0 Å². The standard InChI is InChI=1S/C26H22N4O2/c1-30-22-14-8-6-12-20(22)24(17-9-3-2-4-10-17)29-25(26(30)32)28-23(31)16-19-15-18-11-5-7-13-21(18)27-19/h2-15,25,27H,16H2,1H3,(H,28,31). The number of H-pyrrole nitrogens is 1. The van der Waals surface area contributed by atoms with Crippen LogP contribution in [0, 0.1) is 0 Å². The van der Waals surface area contributed by atoms with Crippen LogP contribution >= 0.6 is 0 Å². The number of nitrogens with zero attached hydrogens (tertiary/aromatic N) is 2. The predicted octanol–water partition coefficient (Wildman–Crippen LogP) is 3.67. The molecule has 0 bridgehead atoms. The third kappa shape index (κ3) is 3.67. The van der Waals surface area contributed by atoms with Gasteiger partial charge in [-0.2, -0.15) is 0 Å². The minimum absolute atomic E-state index is 0.130. The molecule has 1 aromatic heterocycles. The number of amides is 2. The summed E-state index contributed by atoms with van der Waals surface area (Å²) in [6.45, 7) is 0. The van der Waals surface area contributed by atoms with Gasteiger partial charge in [-0.3, -0.25) is 9.59 Å². The Labute approximate surface area is 185 Å². The smallest absolute Gasteiger partial charge is 0.272 e. The quantitative estimate of drug-likeness (QED) is 0.526. The Morgan fingerprint density at radius 1 is 1.00 bits per heavy atom. The van der Waals surface area contributed by atoms with E-state index in [4.69, 9.17) is 4.99 Å². The molecule has 4 aromatic rings. The largest absolute Gasteiger partial charge is 0.358 e. The van der Waals surface area contributed by atoms with Gasteiger partial charge in [-0.15, -0.1) is 0 Å². The van der Waals surface area contributed by atoms with E-state index in [1.807, 2.05) is 84.9 Å². The summed E-state index contributed by atoms with van der Waals surface area (Å²) in [5, 5.41) is 3.87. The summed E-state index contributed by atoms with van der Waals surface area (Å²) in [6.07, 6.45) is -0.884. The number of aromatic nitrogens is 1. The molecule has 0 radical (unpaired) electrons. The summed E-state index contributed by atoms with van der Waals surface area (Å²) in [7, 11) is 1.71. The summed E-state index contributed by atoms with van der Waals surface area (Å²) in [4.78, 5) is 35.6. The first kappa shape index (κ1) is 19.8. The van der Waals surface area contributed by atoms with Crippen LogP contribution in [0.1, 0.15) is 16.8 Å². The van der Waals surface area contributed by atoms with Gasteiger partial charge in [-0.05, 0) is 23.6 Å². The molecule has 0 saturated carbocycles. The minimum Gasteiger partial charge on any atom is -0.358 e. The minimum atomic E-state index is -1.01. The fraction of sp³-hybridized carbons (Fsp3) is 0.115. The second-order valence-corrected chi connectivity index (χ2v) is 7.79. The highest BCUT2D eigenvalue weighted by Gasteiger charge is 2.30. The maximum Gasteiger partial charge on any atom is 0.272 e. The highest BCUT2D eigenvalue weighted by atomic mass is 16.2. The second kappa shape index (κ2) is 8.15. The lowest BCUT2D eigenvalue weighted by molar-refractivity contribution is -0.126. The van der Waals surface area contributed by atoms with Crippen LogP contribution in [0.5, 0.6) is 0 Å². The summed E-state index contributed by atoms with van der Waals surface area (Å²) in [6, 6.07) is 27.2. The van der Waals surface area contributed by atoms with Crippen molar-refractivity contribution >= 4 is 34.1 Å². The van der Waals surface area contributed by atoms with Crippen molar-refractivity contribution in [1.29, 1.82) is 0 Å². The van der Waals surface area contributed by atoms with Crippen LogP contribution in [0.3, 0.4) is 0 Å². The van der Waals surface area contributed by atoms with E-state index in [0.29, 0.717) is 5.71 Å². The Morgan fingerprint density at radius 2 is 1.72 bits per heavy atom. The fourth-order valence-electron chi connectivity index (χ4n) is 4.05. The van der Waals surface area contributed by atoms with E-state index < -0.39 is 6.17 Å². The first-order valence-electron chi connectivity index (χ1n) is 10.5. The van der Waals surface area contributed by atoms with Crippen LogP contribution in [0.4, 0.5) is 5.69 Å². The van der Waals surface area contributed by atoms with Gasteiger partial charge >= 0.3 is 0 Å². The molecular weight excluding hydrogens is 400 g/mol. The van der Waals surface area contributed by atoms with Gasteiger partial charge in [-0.1, -0.05) is 66.7 Å². The van der Waals surface area contributed by atoms with Gasteiger partial charge in [0.05, 0.1) is 17.8 Å². The van der Waals surface area contributed by atoms with Crippen LogP contribution in [0.15, 0.2) is 89.9 Å². The third-order valence-corrected chi connectivity index (χ3v) is 5.62. The van der Waals surface area contributed by atoms with Crippen molar-refractivity contribution in [3.05, 3.63) is 102 Å². The van der Waals surface area contributed by atoms with Crippen molar-refractivity contribution in [3.8, 4) is 0 Å². The van der Waals surface area contributed by atoms with Crippen LogP contribution in [0.2, 0.25) is 0 Å². The number of carbonyl (C=O) groups is 2. The number of benzodiazepines with no additional fused rings is 1. The van der Waals surface area contributed by atoms with Crippen molar-refractivity contribution in [1.82, 2.24) is 10.3 Å². The molecule has 0 saturated heterocycles. The molecule has 5 rings (SSSR count). The Kier molecular flexibility index (Phi) is 5.03. The maximum absolute atomic E-state index is 13.2. The van der Waals surface area contributed by atoms with Crippen LogP contribution in [-0.2, 0) is 16.0 Å². The first-order chi connectivity index (χ1) is 15.6. The zero-order valence-corrected chi connectivity index (χ0v) is 17.6. The molecule has 0 fully saturated rings. The molecule has 6 nitrogen and oxygen atoms in total. The molecule has 1 unspecified atom stereocenters. The molecule has 3 aromatic carbocycles. The predicted molar refractivity (Wildman–Crippen MR) is 126 cm³/mol. The third-order valence-electron chi connectivity index (χ3n) is 5.62. The number of aliphatic imine (C=N–C) groups is 1. The molecule has 0 aliphatic carbocycles. The van der Waals surface area contributed by atoms with Crippen molar-refractivity contribution in [2.45, 2.75) is 12.6 Å². The van der Waals surface area contributed by atoms with Gasteiger partial charge in [-0.25, -0.2) is 4.99 Å². The number of para-hydroxylation sites is 2. The van der Waals surface area contributed by atoms with Gasteiger partial charge in [0.1, 0.15) is 0 Å². The van der Waals surface area contributed by atoms with E-state index >= 15 is 0 Å². The van der Waals surface area contributed by atoms with Gasteiger partial charge in [0, 0.05) is 29.4 Å². The Hall–Kier alpha value is -4.19. The van der Waals surface area contributed by atoms with Crippen molar-refractivity contribution in [2.24, 2.45) is 4.99 Å². The molecule has 1 aliphatic rings. The molecule has 6 heteroatoms. The SMILES string of the molecule is CN1C(=O)C(NC(=O)Cc2cc3ccccc3[nH]2)N=C(c2ccccc2)c2ccccc21. The molecule has 2 heterocycles. The zero-order chi connectivity index (χ0) is 22.1. The normalized spacial score (nSPS) is 15.8. The van der Waals surface area contributed by atoms with Crippen LogP contribution in [0.25, 0.3) is 10.9 Å². The summed E-state index contributed by atoms with van der Waals surface area (Å²) < 4.78 is 0. The number of nitrogens with one attached hydrogen (secondary N) is 2. The number of carbonyl (C=O) groups excluding carboxylic acids is 2. The molecule has 158 valence electrons. The van der Waals surface area contributed by atoms with Gasteiger partial charge in [0.15, 0.2) is 0 Å². The lowest BCUT2D eigenvalue weighted by Gasteiger charge is -2.20. The monoisotopic (exact) mass is 422 g/mol. The average molecular weight is 422 g/mol. The molecule has 2 N–H and O–H groups in total. The lowest BCUT2D eigenvalue weighted by atomic mass is 10.0. The molecule has 0 spiro atoms. The summed E-state index contributed by atoms with van der Waals surface area (Å²) in [5.41, 5.74) is 4.93. The summed E-state index contributed by atoms with van der Waals surface area (Å²) >= 11 is 0. The lowest BCUT2D eigenvalue weighted by Crippen LogP contribution is -2.46. The molecule has 1 atom stereocenters. The van der Waals surface area contributed by atoms with Gasteiger partial charge in [0.2, 0.25) is 12.1 Å². The number of anilines is 1.